The first-order valence-corrected chi connectivity index (χ1v) is 6.24. The lowest BCUT2D eigenvalue weighted by atomic mass is 10.1. The van der Waals surface area contributed by atoms with Crippen molar-refractivity contribution in [1.29, 1.82) is 0 Å². The maximum absolute atomic E-state index is 11.9. The van der Waals surface area contributed by atoms with Crippen LogP contribution in [0.2, 0.25) is 0 Å². The number of rotatable bonds is 7. The molecule has 0 aromatic heterocycles. The molecule has 0 aliphatic carbocycles. The van der Waals surface area contributed by atoms with Gasteiger partial charge in [0.15, 0.2) is 0 Å². The third-order valence-corrected chi connectivity index (χ3v) is 2.69. The lowest BCUT2D eigenvalue weighted by molar-refractivity contribution is -0.143. The molecule has 1 N–H and O–H groups in total. The maximum Gasteiger partial charge on any atom is 0.251 e. The summed E-state index contributed by atoms with van der Waals surface area (Å²) >= 11 is 0. The van der Waals surface area contributed by atoms with E-state index >= 15 is 0 Å². The maximum atomic E-state index is 11.9. The Hall–Kier alpha value is -0.570. The fraction of sp³-hybridized carbons (Fsp3) is 0.923. The van der Waals surface area contributed by atoms with Crippen LogP contribution in [0.3, 0.4) is 0 Å². The van der Waals surface area contributed by atoms with Gasteiger partial charge in [0.2, 0.25) is 0 Å². The van der Waals surface area contributed by atoms with Crippen LogP contribution in [0.4, 0.5) is 0 Å². The predicted molar refractivity (Wildman–Crippen MR) is 67.4 cm³/mol. The van der Waals surface area contributed by atoms with Gasteiger partial charge in [0, 0.05) is 12.6 Å². The monoisotopic (exact) mass is 229 g/mol. The van der Waals surface area contributed by atoms with Gasteiger partial charge in [0.05, 0.1) is 0 Å². The second-order valence-electron chi connectivity index (χ2n) is 5.32. The van der Waals surface area contributed by atoms with Gasteiger partial charge >= 0.3 is 0 Å². The summed E-state index contributed by atoms with van der Waals surface area (Å²) in [6, 6.07) is 0.209. The van der Waals surface area contributed by atoms with Crippen LogP contribution in [0, 0.1) is 5.92 Å². The summed E-state index contributed by atoms with van der Waals surface area (Å²) in [5, 5.41) is 2.94. The molecule has 0 aromatic rings. The standard InChI is InChI=1S/C13H27NO2/c1-7-11(4)14-12(15)13(5,6)16-9-8-10(2)3/h10-11H,7-9H2,1-6H3,(H,14,15). The number of hydrogen-bond acceptors (Lipinski definition) is 2. The van der Waals surface area contributed by atoms with Gasteiger partial charge in [0.1, 0.15) is 5.60 Å². The molecule has 3 nitrogen and oxygen atoms in total. The first kappa shape index (κ1) is 15.4. The first-order chi connectivity index (χ1) is 7.29. The molecular formula is C13H27NO2. The van der Waals surface area contributed by atoms with Crippen LogP contribution in [0.5, 0.6) is 0 Å². The summed E-state index contributed by atoms with van der Waals surface area (Å²) in [4.78, 5) is 11.9. The van der Waals surface area contributed by atoms with E-state index < -0.39 is 5.60 Å². The molecule has 0 fully saturated rings. The topological polar surface area (TPSA) is 38.3 Å². The Morgan fingerprint density at radius 2 is 1.88 bits per heavy atom. The van der Waals surface area contributed by atoms with Crippen LogP contribution in [0.15, 0.2) is 0 Å². The fourth-order valence-electron chi connectivity index (χ4n) is 1.11. The van der Waals surface area contributed by atoms with E-state index in [0.717, 1.165) is 12.8 Å². The second kappa shape index (κ2) is 6.89. The number of carbonyl (C=O) groups is 1. The van der Waals surface area contributed by atoms with Crippen LogP contribution in [0.25, 0.3) is 0 Å². The summed E-state index contributed by atoms with van der Waals surface area (Å²) in [5.41, 5.74) is -0.724. The van der Waals surface area contributed by atoms with E-state index in [-0.39, 0.29) is 11.9 Å². The van der Waals surface area contributed by atoms with E-state index in [1.807, 2.05) is 20.8 Å². The molecule has 1 amide bonds. The number of nitrogens with one attached hydrogen (secondary N) is 1. The zero-order chi connectivity index (χ0) is 12.8. The van der Waals surface area contributed by atoms with Crippen LogP contribution in [-0.4, -0.2) is 24.2 Å². The largest absolute Gasteiger partial charge is 0.366 e. The minimum atomic E-state index is -0.724. The van der Waals surface area contributed by atoms with Gasteiger partial charge in [-0.1, -0.05) is 20.8 Å². The molecule has 96 valence electrons. The highest BCUT2D eigenvalue weighted by atomic mass is 16.5. The van der Waals surface area contributed by atoms with Crippen LogP contribution in [0.1, 0.15) is 54.4 Å². The average molecular weight is 229 g/mol. The number of amides is 1. The Morgan fingerprint density at radius 3 is 2.31 bits per heavy atom. The van der Waals surface area contributed by atoms with E-state index in [2.05, 4.69) is 26.1 Å². The Kier molecular flexibility index (Phi) is 6.65. The number of carbonyl (C=O) groups excluding carboxylic acids is 1. The van der Waals surface area contributed by atoms with Crippen LogP contribution in [-0.2, 0) is 9.53 Å². The Balaban J connectivity index is 4.05. The predicted octanol–water partition coefficient (Wildman–Crippen LogP) is 2.74. The summed E-state index contributed by atoms with van der Waals surface area (Å²) in [6.07, 6.45) is 1.92. The smallest absolute Gasteiger partial charge is 0.251 e. The van der Waals surface area contributed by atoms with E-state index in [1.165, 1.54) is 0 Å². The Morgan fingerprint density at radius 1 is 1.31 bits per heavy atom. The van der Waals surface area contributed by atoms with Crippen molar-refractivity contribution in [3.63, 3.8) is 0 Å². The second-order valence-corrected chi connectivity index (χ2v) is 5.32. The fourth-order valence-corrected chi connectivity index (χ4v) is 1.11. The minimum absolute atomic E-state index is 0.0226. The quantitative estimate of drug-likeness (QED) is 0.729. The van der Waals surface area contributed by atoms with Crippen molar-refractivity contribution in [2.24, 2.45) is 5.92 Å². The van der Waals surface area contributed by atoms with Crippen molar-refractivity contribution in [2.75, 3.05) is 6.61 Å². The molecular weight excluding hydrogens is 202 g/mol. The molecule has 0 saturated heterocycles. The summed E-state index contributed by atoms with van der Waals surface area (Å²) in [6.45, 7) is 12.6. The van der Waals surface area contributed by atoms with Crippen LogP contribution < -0.4 is 5.32 Å². The highest BCUT2D eigenvalue weighted by Gasteiger charge is 2.28. The van der Waals surface area contributed by atoms with Crippen molar-refractivity contribution < 1.29 is 9.53 Å². The van der Waals surface area contributed by atoms with Crippen molar-refractivity contribution in [2.45, 2.75) is 66.0 Å². The van der Waals surface area contributed by atoms with Gasteiger partial charge in [-0.15, -0.1) is 0 Å². The van der Waals surface area contributed by atoms with E-state index in [9.17, 15) is 4.79 Å². The molecule has 0 radical (unpaired) electrons. The normalized spacial score (nSPS) is 13.9. The molecule has 0 aliphatic rings. The summed E-state index contributed by atoms with van der Waals surface area (Å²) in [5.74, 6) is 0.582. The van der Waals surface area contributed by atoms with Gasteiger partial charge in [-0.3, -0.25) is 4.79 Å². The number of hydrogen-bond donors (Lipinski definition) is 1. The van der Waals surface area contributed by atoms with Gasteiger partial charge in [-0.05, 0) is 39.5 Å². The highest BCUT2D eigenvalue weighted by Crippen LogP contribution is 2.12. The molecule has 0 aromatic carbocycles. The lowest BCUT2D eigenvalue weighted by Gasteiger charge is -2.26. The van der Waals surface area contributed by atoms with Crippen LogP contribution >= 0.6 is 0 Å². The first-order valence-electron chi connectivity index (χ1n) is 6.24. The van der Waals surface area contributed by atoms with Gasteiger partial charge < -0.3 is 10.1 Å². The van der Waals surface area contributed by atoms with Crippen molar-refractivity contribution >= 4 is 5.91 Å². The van der Waals surface area contributed by atoms with Gasteiger partial charge in [-0.2, -0.15) is 0 Å². The zero-order valence-corrected chi connectivity index (χ0v) is 11.6. The van der Waals surface area contributed by atoms with E-state index in [4.69, 9.17) is 4.74 Å². The molecule has 1 unspecified atom stereocenters. The lowest BCUT2D eigenvalue weighted by Crippen LogP contribution is -2.47. The van der Waals surface area contributed by atoms with Gasteiger partial charge in [0.25, 0.3) is 5.91 Å². The Labute approximate surface area is 99.9 Å². The van der Waals surface area contributed by atoms with Crippen molar-refractivity contribution in [1.82, 2.24) is 5.32 Å². The molecule has 0 spiro atoms. The highest BCUT2D eigenvalue weighted by molar-refractivity contribution is 5.84. The molecule has 3 heteroatoms. The van der Waals surface area contributed by atoms with E-state index in [1.54, 1.807) is 0 Å². The average Bonchev–Trinajstić information content (AvgIpc) is 2.16. The Bertz CT molecular complexity index is 212. The summed E-state index contributed by atoms with van der Waals surface area (Å²) < 4.78 is 5.64. The minimum Gasteiger partial charge on any atom is -0.366 e. The van der Waals surface area contributed by atoms with E-state index in [0.29, 0.717) is 12.5 Å². The molecule has 0 bridgehead atoms. The van der Waals surface area contributed by atoms with Crippen molar-refractivity contribution in [3.8, 4) is 0 Å². The molecule has 0 rings (SSSR count). The molecule has 16 heavy (non-hydrogen) atoms. The SMILES string of the molecule is CCC(C)NC(=O)C(C)(C)OCCC(C)C. The molecule has 0 aliphatic heterocycles. The molecule has 0 heterocycles. The number of ether oxygens (including phenoxy) is 1. The van der Waals surface area contributed by atoms with Crippen molar-refractivity contribution in [3.05, 3.63) is 0 Å². The third kappa shape index (κ3) is 6.11. The molecule has 1 atom stereocenters. The third-order valence-electron chi connectivity index (χ3n) is 2.69. The summed E-state index contributed by atoms with van der Waals surface area (Å²) in [7, 11) is 0. The zero-order valence-electron chi connectivity index (χ0n) is 11.6. The van der Waals surface area contributed by atoms with Gasteiger partial charge in [-0.25, -0.2) is 0 Å². The molecule has 0 saturated carbocycles.